The van der Waals surface area contributed by atoms with Gasteiger partial charge in [-0.15, -0.1) is 0 Å². The van der Waals surface area contributed by atoms with E-state index in [9.17, 15) is 9.59 Å². The van der Waals surface area contributed by atoms with Crippen LogP contribution in [0.5, 0.6) is 0 Å². The molecule has 2 aliphatic heterocycles. The van der Waals surface area contributed by atoms with E-state index in [1.807, 2.05) is 74.5 Å². The first-order chi connectivity index (χ1) is 11.4. The topological polar surface area (TPSA) is 47.1 Å². The molecule has 128 valence electrons. The first-order valence-electron chi connectivity index (χ1n) is 8.10. The molecule has 1 unspecified atom stereocenters. The van der Waals surface area contributed by atoms with E-state index in [1.165, 1.54) is 0 Å². The van der Waals surface area contributed by atoms with Gasteiger partial charge in [0.2, 0.25) is 5.91 Å². The van der Waals surface area contributed by atoms with Crippen molar-refractivity contribution in [1.29, 1.82) is 0 Å². The Morgan fingerprint density at radius 2 is 1.79 bits per heavy atom. The molecular formula is C18H24N4O2. The second kappa shape index (κ2) is 6.28. The quantitative estimate of drug-likeness (QED) is 0.771. The molecule has 2 heterocycles. The van der Waals surface area contributed by atoms with Crippen LogP contribution < -0.4 is 0 Å². The van der Waals surface area contributed by atoms with E-state index in [4.69, 9.17) is 0 Å². The second-order valence-electron chi connectivity index (χ2n) is 6.81. The zero-order valence-electron chi connectivity index (χ0n) is 14.6. The van der Waals surface area contributed by atoms with Gasteiger partial charge in [0, 0.05) is 38.8 Å². The van der Waals surface area contributed by atoms with Gasteiger partial charge in [-0.05, 0) is 19.7 Å². The second-order valence-corrected chi connectivity index (χ2v) is 6.81. The van der Waals surface area contributed by atoms with Crippen LogP contribution in [0.15, 0.2) is 42.1 Å². The fraction of sp³-hybridized carbons (Fsp3) is 0.444. The summed E-state index contributed by atoms with van der Waals surface area (Å²) in [7, 11) is 7.58. The van der Waals surface area contributed by atoms with Crippen LogP contribution in [-0.4, -0.2) is 71.9 Å². The summed E-state index contributed by atoms with van der Waals surface area (Å²) in [6, 6.07) is 9.50. The number of fused-ring (bicyclic) bond motifs is 1. The van der Waals surface area contributed by atoms with Crippen molar-refractivity contribution in [1.82, 2.24) is 19.6 Å². The summed E-state index contributed by atoms with van der Waals surface area (Å²) in [6.45, 7) is 0.509. The Kier molecular flexibility index (Phi) is 4.32. The molecule has 0 N–H and O–H groups in total. The van der Waals surface area contributed by atoms with Crippen LogP contribution in [0.25, 0.3) is 0 Å². The summed E-state index contributed by atoms with van der Waals surface area (Å²) in [4.78, 5) is 33.1. The zero-order chi connectivity index (χ0) is 17.4. The van der Waals surface area contributed by atoms with Gasteiger partial charge in [-0.1, -0.05) is 30.3 Å². The normalized spacial score (nSPS) is 25.1. The van der Waals surface area contributed by atoms with Crippen molar-refractivity contribution in [3.05, 3.63) is 47.7 Å². The number of carbonyl (C=O) groups is 2. The Bertz CT molecular complexity index is 669. The average molecular weight is 328 g/mol. The third-order valence-electron chi connectivity index (χ3n) is 4.43. The zero-order valence-corrected chi connectivity index (χ0v) is 14.6. The van der Waals surface area contributed by atoms with Gasteiger partial charge in [-0.25, -0.2) is 0 Å². The van der Waals surface area contributed by atoms with E-state index in [1.54, 1.807) is 9.80 Å². The maximum Gasteiger partial charge on any atom is 0.254 e. The highest BCUT2D eigenvalue weighted by Crippen LogP contribution is 2.36. The molecule has 0 aromatic heterocycles. The minimum absolute atomic E-state index is 0.0214. The number of nitrogens with zero attached hydrogens (tertiary/aromatic N) is 4. The van der Waals surface area contributed by atoms with Gasteiger partial charge >= 0.3 is 0 Å². The lowest BCUT2D eigenvalue weighted by molar-refractivity contribution is -0.134. The molecule has 0 aliphatic carbocycles. The van der Waals surface area contributed by atoms with E-state index in [0.29, 0.717) is 18.5 Å². The summed E-state index contributed by atoms with van der Waals surface area (Å²) in [5.74, 6) is -0.0237. The van der Waals surface area contributed by atoms with Crippen molar-refractivity contribution >= 4 is 11.8 Å². The number of hydrogen-bond acceptors (Lipinski definition) is 4. The lowest BCUT2D eigenvalue weighted by atomic mass is 10.1. The molecule has 0 spiro atoms. The van der Waals surface area contributed by atoms with Crippen LogP contribution in [0.2, 0.25) is 0 Å². The third kappa shape index (κ3) is 2.78. The molecule has 24 heavy (non-hydrogen) atoms. The molecule has 0 bridgehead atoms. The van der Waals surface area contributed by atoms with Crippen LogP contribution in [0.4, 0.5) is 0 Å². The first kappa shape index (κ1) is 16.5. The monoisotopic (exact) mass is 328 g/mol. The van der Waals surface area contributed by atoms with Crippen LogP contribution >= 0.6 is 0 Å². The van der Waals surface area contributed by atoms with Crippen LogP contribution in [0.1, 0.15) is 12.0 Å². The molecule has 3 rings (SSSR count). The van der Waals surface area contributed by atoms with Gasteiger partial charge in [0.25, 0.3) is 5.91 Å². The van der Waals surface area contributed by atoms with Gasteiger partial charge in [0.1, 0.15) is 6.04 Å². The lowest BCUT2D eigenvalue weighted by Gasteiger charge is -2.34. The summed E-state index contributed by atoms with van der Waals surface area (Å²) >= 11 is 0. The van der Waals surface area contributed by atoms with Gasteiger partial charge in [-0.2, -0.15) is 0 Å². The van der Waals surface area contributed by atoms with Crippen molar-refractivity contribution in [2.24, 2.45) is 0 Å². The molecule has 0 radical (unpaired) electrons. The van der Waals surface area contributed by atoms with Gasteiger partial charge in [0.15, 0.2) is 6.29 Å². The molecule has 2 saturated heterocycles. The fourth-order valence-corrected chi connectivity index (χ4v) is 3.52. The lowest BCUT2D eigenvalue weighted by Crippen LogP contribution is -2.50. The summed E-state index contributed by atoms with van der Waals surface area (Å²) in [5.41, 5.74) is 1.76. The van der Waals surface area contributed by atoms with Crippen LogP contribution in [0.3, 0.4) is 0 Å². The number of rotatable bonds is 4. The van der Waals surface area contributed by atoms with Gasteiger partial charge < -0.3 is 9.80 Å². The van der Waals surface area contributed by atoms with Crippen molar-refractivity contribution in [2.45, 2.75) is 25.3 Å². The number of hydrogen-bond donors (Lipinski definition) is 0. The first-order valence-corrected chi connectivity index (χ1v) is 8.10. The largest absolute Gasteiger partial charge is 0.383 e. The van der Waals surface area contributed by atoms with Gasteiger partial charge in [0.05, 0.1) is 0 Å². The Labute approximate surface area is 142 Å². The SMILES string of the molecule is CN(C)/C=C1\C[C@H]2C(=O)N(Cc3ccccc3)C(N(C)C)N2C1=O. The van der Waals surface area contributed by atoms with E-state index in [2.05, 4.69) is 0 Å². The smallest absolute Gasteiger partial charge is 0.254 e. The Morgan fingerprint density at radius 3 is 2.38 bits per heavy atom. The summed E-state index contributed by atoms with van der Waals surface area (Å²) in [5, 5.41) is 0. The summed E-state index contributed by atoms with van der Waals surface area (Å²) < 4.78 is 0. The van der Waals surface area contributed by atoms with E-state index in [-0.39, 0.29) is 24.1 Å². The molecule has 6 nitrogen and oxygen atoms in total. The molecule has 6 heteroatoms. The number of amides is 2. The van der Waals surface area contributed by atoms with Crippen molar-refractivity contribution in [3.8, 4) is 0 Å². The Morgan fingerprint density at radius 1 is 1.12 bits per heavy atom. The molecule has 2 atom stereocenters. The molecule has 2 amide bonds. The maximum absolute atomic E-state index is 12.9. The number of benzene rings is 1. The maximum atomic E-state index is 12.9. The van der Waals surface area contributed by atoms with Crippen molar-refractivity contribution in [2.75, 3.05) is 28.2 Å². The van der Waals surface area contributed by atoms with Crippen LogP contribution in [-0.2, 0) is 16.1 Å². The number of carbonyl (C=O) groups excluding carboxylic acids is 2. The Hall–Kier alpha value is -2.34. The van der Waals surface area contributed by atoms with Crippen molar-refractivity contribution < 1.29 is 9.59 Å². The van der Waals surface area contributed by atoms with E-state index < -0.39 is 0 Å². The predicted molar refractivity (Wildman–Crippen MR) is 91.5 cm³/mol. The summed E-state index contributed by atoms with van der Waals surface area (Å²) in [6.07, 6.45) is 1.96. The third-order valence-corrected chi connectivity index (χ3v) is 4.43. The molecule has 1 aromatic rings. The highest BCUT2D eigenvalue weighted by atomic mass is 16.2. The standard InChI is InChI=1S/C18H24N4O2/c1-19(2)12-14-10-15-17(24)21(11-13-8-6-5-7-9-13)18(20(3)4)22(15)16(14)23/h5-9,12,15,18H,10-11H2,1-4H3/b14-12+/t15-,18?/m0/s1. The van der Waals surface area contributed by atoms with Crippen LogP contribution in [0, 0.1) is 0 Å². The minimum atomic E-state index is -0.389. The predicted octanol–water partition coefficient (Wildman–Crippen LogP) is 0.920. The minimum Gasteiger partial charge on any atom is -0.383 e. The molecule has 2 fully saturated rings. The fourth-order valence-electron chi connectivity index (χ4n) is 3.52. The molecule has 2 aliphatic rings. The molecule has 0 saturated carbocycles. The van der Waals surface area contributed by atoms with E-state index in [0.717, 1.165) is 5.56 Å². The molecule has 1 aromatic carbocycles. The Balaban J connectivity index is 1.90. The highest BCUT2D eigenvalue weighted by Gasteiger charge is 2.54. The average Bonchev–Trinajstić information content (AvgIpc) is 2.97. The van der Waals surface area contributed by atoms with E-state index >= 15 is 0 Å². The highest BCUT2D eigenvalue weighted by molar-refractivity contribution is 6.03. The molecular weight excluding hydrogens is 304 g/mol. The van der Waals surface area contributed by atoms with Gasteiger partial charge in [-0.3, -0.25) is 19.4 Å². The van der Waals surface area contributed by atoms with Crippen molar-refractivity contribution in [3.63, 3.8) is 0 Å².